The fourth-order valence-corrected chi connectivity index (χ4v) is 5.70. The highest BCUT2D eigenvalue weighted by Crippen LogP contribution is 2.22. The number of hydrogen-bond acceptors (Lipinski definition) is 5. The molecule has 1 atom stereocenters. The molecule has 1 amide bonds. The summed E-state index contributed by atoms with van der Waals surface area (Å²) in [7, 11) is -3.71. The number of nitrogens with one attached hydrogen (secondary N) is 1. The van der Waals surface area contributed by atoms with E-state index < -0.39 is 16.1 Å². The molecule has 28 heavy (non-hydrogen) atoms. The zero-order valence-corrected chi connectivity index (χ0v) is 18.2. The molecule has 0 saturated carbocycles. The Labute approximate surface area is 175 Å². The van der Waals surface area contributed by atoms with Crippen LogP contribution < -0.4 is 9.62 Å². The first-order chi connectivity index (χ1) is 13.3. The lowest BCUT2D eigenvalue weighted by molar-refractivity contribution is -0.134. The third-order valence-electron chi connectivity index (χ3n) is 4.74. The number of thiophene rings is 1. The van der Waals surface area contributed by atoms with Gasteiger partial charge in [-0.2, -0.15) is 4.72 Å². The lowest BCUT2D eigenvalue weighted by Crippen LogP contribution is -2.56. The second-order valence-electron chi connectivity index (χ2n) is 7.07. The molecule has 0 spiro atoms. The molecular formula is C19H24ClN3O3S2. The van der Waals surface area contributed by atoms with Crippen LogP contribution in [0.25, 0.3) is 0 Å². The summed E-state index contributed by atoms with van der Waals surface area (Å²) in [6.45, 7) is 6.12. The van der Waals surface area contributed by atoms with E-state index >= 15 is 0 Å². The Hall–Kier alpha value is -1.61. The molecule has 9 heteroatoms. The van der Waals surface area contributed by atoms with Crippen molar-refractivity contribution in [3.05, 3.63) is 46.8 Å². The van der Waals surface area contributed by atoms with Crippen LogP contribution >= 0.6 is 22.9 Å². The number of halogens is 1. The van der Waals surface area contributed by atoms with Crippen molar-refractivity contribution in [2.24, 2.45) is 5.92 Å². The predicted octanol–water partition coefficient (Wildman–Crippen LogP) is 3.05. The highest BCUT2D eigenvalue weighted by molar-refractivity contribution is 7.91. The summed E-state index contributed by atoms with van der Waals surface area (Å²) in [5.74, 6) is -0.339. The number of rotatable bonds is 6. The fourth-order valence-electron chi connectivity index (χ4n) is 3.17. The van der Waals surface area contributed by atoms with Gasteiger partial charge >= 0.3 is 0 Å². The summed E-state index contributed by atoms with van der Waals surface area (Å²) in [6.07, 6.45) is 0. The lowest BCUT2D eigenvalue weighted by Gasteiger charge is -2.38. The number of hydrogen-bond donors (Lipinski definition) is 1. The van der Waals surface area contributed by atoms with Crippen molar-refractivity contribution in [2.75, 3.05) is 31.1 Å². The Morgan fingerprint density at radius 1 is 1.14 bits per heavy atom. The Kier molecular flexibility index (Phi) is 6.65. The number of carbonyl (C=O) groups excluding carboxylic acids is 1. The second-order valence-corrected chi connectivity index (χ2v) is 10.4. The van der Waals surface area contributed by atoms with Crippen molar-refractivity contribution in [3.8, 4) is 0 Å². The van der Waals surface area contributed by atoms with E-state index in [0.717, 1.165) is 17.0 Å². The maximum atomic E-state index is 13.0. The van der Waals surface area contributed by atoms with Gasteiger partial charge in [-0.05, 0) is 35.6 Å². The van der Waals surface area contributed by atoms with Gasteiger partial charge in [0.15, 0.2) is 0 Å². The third-order valence-corrected chi connectivity index (χ3v) is 7.81. The molecule has 1 saturated heterocycles. The van der Waals surface area contributed by atoms with E-state index in [1.807, 2.05) is 38.1 Å². The van der Waals surface area contributed by atoms with Crippen molar-refractivity contribution >= 4 is 44.6 Å². The number of sulfonamides is 1. The van der Waals surface area contributed by atoms with Gasteiger partial charge in [0.05, 0.1) is 0 Å². The fraction of sp³-hybridized carbons (Fsp3) is 0.421. The van der Waals surface area contributed by atoms with Crippen molar-refractivity contribution in [1.82, 2.24) is 9.62 Å². The molecule has 0 radical (unpaired) electrons. The van der Waals surface area contributed by atoms with Gasteiger partial charge in [0, 0.05) is 36.9 Å². The van der Waals surface area contributed by atoms with Crippen molar-refractivity contribution in [3.63, 3.8) is 0 Å². The molecule has 1 aliphatic heterocycles. The Morgan fingerprint density at radius 3 is 2.43 bits per heavy atom. The van der Waals surface area contributed by atoms with E-state index in [1.165, 1.54) is 0 Å². The van der Waals surface area contributed by atoms with Crippen molar-refractivity contribution in [2.45, 2.75) is 24.1 Å². The number of amides is 1. The molecular weight excluding hydrogens is 418 g/mol. The largest absolute Gasteiger partial charge is 0.368 e. The third kappa shape index (κ3) is 4.86. The quantitative estimate of drug-likeness (QED) is 0.747. The van der Waals surface area contributed by atoms with Gasteiger partial charge in [0.25, 0.3) is 10.0 Å². The average molecular weight is 442 g/mol. The van der Waals surface area contributed by atoms with E-state index in [4.69, 9.17) is 11.6 Å². The van der Waals surface area contributed by atoms with Crippen molar-refractivity contribution in [1.29, 1.82) is 0 Å². The van der Waals surface area contributed by atoms with E-state index in [1.54, 1.807) is 22.4 Å². The number of carbonyl (C=O) groups is 1. The Bertz CT molecular complexity index is 908. The molecule has 0 aliphatic carbocycles. The van der Waals surface area contributed by atoms with Crippen LogP contribution in [0.15, 0.2) is 46.0 Å². The van der Waals surface area contributed by atoms with Crippen LogP contribution in [0.5, 0.6) is 0 Å². The molecule has 6 nitrogen and oxygen atoms in total. The first kappa shape index (κ1) is 21.1. The van der Waals surface area contributed by atoms with Gasteiger partial charge in [0.1, 0.15) is 10.3 Å². The van der Waals surface area contributed by atoms with E-state index in [9.17, 15) is 13.2 Å². The molecule has 2 heterocycles. The summed E-state index contributed by atoms with van der Waals surface area (Å²) in [6, 6.07) is 10.1. The average Bonchev–Trinajstić information content (AvgIpc) is 3.21. The van der Waals surface area contributed by atoms with Gasteiger partial charge in [-0.15, -0.1) is 11.3 Å². The normalized spacial score (nSPS) is 16.4. The predicted molar refractivity (Wildman–Crippen MR) is 114 cm³/mol. The van der Waals surface area contributed by atoms with Gasteiger partial charge in [0.2, 0.25) is 5.91 Å². The molecule has 1 aromatic carbocycles. The van der Waals surface area contributed by atoms with Crippen LogP contribution in [0.4, 0.5) is 5.69 Å². The molecule has 1 N–H and O–H groups in total. The first-order valence-corrected chi connectivity index (χ1v) is 11.9. The lowest BCUT2D eigenvalue weighted by atomic mass is 10.0. The summed E-state index contributed by atoms with van der Waals surface area (Å²) >= 11 is 7.20. The standard InChI is InChI=1S/C19H24ClN3O3S2/c1-14(2)18(21-28(25,26)17-7-4-12-27-17)19(24)23-10-8-22(9-11-23)16-6-3-5-15(20)13-16/h3-7,12-14,18,21H,8-11H2,1-2H3/t18-/m0/s1. The van der Waals surface area contributed by atoms with Crippen LogP contribution in [0.2, 0.25) is 5.02 Å². The van der Waals surface area contributed by atoms with E-state index in [0.29, 0.717) is 31.2 Å². The number of piperazine rings is 1. The Morgan fingerprint density at radius 2 is 1.86 bits per heavy atom. The van der Waals surface area contributed by atoms with Gasteiger partial charge in [-0.25, -0.2) is 8.42 Å². The summed E-state index contributed by atoms with van der Waals surface area (Å²) in [4.78, 5) is 17.0. The van der Waals surface area contributed by atoms with Gasteiger partial charge in [-0.3, -0.25) is 4.79 Å². The van der Waals surface area contributed by atoms with E-state index in [2.05, 4.69) is 9.62 Å². The van der Waals surface area contributed by atoms with Crippen LogP contribution in [0.3, 0.4) is 0 Å². The topological polar surface area (TPSA) is 69.7 Å². The minimum atomic E-state index is -3.71. The minimum absolute atomic E-state index is 0.159. The van der Waals surface area contributed by atoms with E-state index in [-0.39, 0.29) is 16.0 Å². The van der Waals surface area contributed by atoms with Gasteiger partial charge < -0.3 is 9.80 Å². The SMILES string of the molecule is CC(C)[C@H](NS(=O)(=O)c1cccs1)C(=O)N1CCN(c2cccc(Cl)c2)CC1. The Balaban J connectivity index is 1.66. The smallest absolute Gasteiger partial charge is 0.250 e. The molecule has 3 rings (SSSR count). The summed E-state index contributed by atoms with van der Waals surface area (Å²) in [5, 5.41) is 2.38. The van der Waals surface area contributed by atoms with Crippen LogP contribution in [0.1, 0.15) is 13.8 Å². The van der Waals surface area contributed by atoms with Crippen LogP contribution in [0, 0.1) is 5.92 Å². The number of nitrogens with zero attached hydrogens (tertiary/aromatic N) is 2. The molecule has 0 bridgehead atoms. The molecule has 1 aliphatic rings. The monoisotopic (exact) mass is 441 g/mol. The maximum absolute atomic E-state index is 13.0. The second kappa shape index (κ2) is 8.82. The molecule has 0 unspecified atom stereocenters. The highest BCUT2D eigenvalue weighted by Gasteiger charge is 2.33. The zero-order valence-electron chi connectivity index (χ0n) is 15.8. The summed E-state index contributed by atoms with van der Waals surface area (Å²) in [5.41, 5.74) is 1.03. The maximum Gasteiger partial charge on any atom is 0.250 e. The van der Waals surface area contributed by atoms with Crippen molar-refractivity contribution < 1.29 is 13.2 Å². The highest BCUT2D eigenvalue weighted by atomic mass is 35.5. The van der Waals surface area contributed by atoms with Gasteiger partial charge in [-0.1, -0.05) is 37.6 Å². The molecule has 2 aromatic rings. The molecule has 1 fully saturated rings. The number of anilines is 1. The minimum Gasteiger partial charge on any atom is -0.368 e. The molecule has 1 aromatic heterocycles. The van der Waals surface area contributed by atoms with Crippen LogP contribution in [-0.2, 0) is 14.8 Å². The van der Waals surface area contributed by atoms with Crippen LogP contribution in [-0.4, -0.2) is 51.4 Å². The molecule has 152 valence electrons. The zero-order chi connectivity index (χ0) is 20.3. The first-order valence-electron chi connectivity index (χ1n) is 9.13. The number of benzene rings is 1. The summed E-state index contributed by atoms with van der Waals surface area (Å²) < 4.78 is 28.0.